The van der Waals surface area contributed by atoms with Gasteiger partial charge in [-0.1, -0.05) is 29.5 Å². The van der Waals surface area contributed by atoms with Crippen LogP contribution in [-0.2, 0) is 9.53 Å². The maximum atomic E-state index is 13.3. The number of rotatable bonds is 6. The Morgan fingerprint density at radius 1 is 1.12 bits per heavy atom. The van der Waals surface area contributed by atoms with Crippen molar-refractivity contribution in [1.29, 1.82) is 0 Å². The van der Waals surface area contributed by atoms with Crippen LogP contribution in [0.15, 0.2) is 53.8 Å². The summed E-state index contributed by atoms with van der Waals surface area (Å²) in [6.07, 6.45) is 3.08. The molecule has 3 amide bonds. The number of halogens is 1. The van der Waals surface area contributed by atoms with Crippen molar-refractivity contribution in [2.24, 2.45) is 0 Å². The Hall–Kier alpha value is -3.66. The lowest BCUT2D eigenvalue weighted by Gasteiger charge is -2.11. The second kappa shape index (κ2) is 10.1. The van der Waals surface area contributed by atoms with Gasteiger partial charge >= 0.3 is 12.0 Å². The average molecular weight is 456 g/mol. The summed E-state index contributed by atoms with van der Waals surface area (Å²) < 4.78 is 19.8. The lowest BCUT2D eigenvalue weighted by atomic mass is 10.1. The second-order valence-corrected chi connectivity index (χ2v) is 7.61. The molecule has 32 heavy (non-hydrogen) atoms. The van der Waals surface area contributed by atoms with E-state index in [1.807, 2.05) is 26.0 Å². The van der Waals surface area contributed by atoms with Crippen LogP contribution in [0.25, 0.3) is 5.69 Å². The van der Waals surface area contributed by atoms with E-state index in [0.29, 0.717) is 16.5 Å². The van der Waals surface area contributed by atoms with Crippen molar-refractivity contribution in [3.05, 3.63) is 71.3 Å². The number of benzene rings is 2. The minimum Gasteiger partial charge on any atom is -0.451 e. The van der Waals surface area contributed by atoms with Crippen molar-refractivity contribution < 1.29 is 23.5 Å². The van der Waals surface area contributed by atoms with E-state index >= 15 is 0 Å². The Kier molecular flexibility index (Phi) is 7.26. The lowest BCUT2D eigenvalue weighted by Crippen LogP contribution is -2.37. The van der Waals surface area contributed by atoms with Crippen molar-refractivity contribution >= 4 is 35.4 Å². The quantitative estimate of drug-likeness (QED) is 0.431. The molecular weight excluding hydrogens is 435 g/mol. The van der Waals surface area contributed by atoms with Crippen LogP contribution in [0, 0.1) is 19.7 Å². The van der Waals surface area contributed by atoms with Crippen LogP contribution in [-0.4, -0.2) is 40.3 Å². The number of ether oxygens (including phenoxy) is 1. The van der Waals surface area contributed by atoms with E-state index in [9.17, 15) is 18.8 Å². The van der Waals surface area contributed by atoms with Gasteiger partial charge in [0, 0.05) is 11.4 Å². The standard InChI is InChI=1S/C22H21FN4O4S/c1-13-4-9-17(14(2)10-13)25-21(30)26-19(28)12-31-20(29)18-11-24-22(32-3)27(18)16-7-5-15(23)6-8-16/h4-11H,12H2,1-3H3,(H2,25,26,28,30). The van der Waals surface area contributed by atoms with E-state index in [2.05, 4.69) is 15.6 Å². The Morgan fingerprint density at radius 3 is 2.50 bits per heavy atom. The summed E-state index contributed by atoms with van der Waals surface area (Å²) in [6.45, 7) is 3.10. The molecular formula is C22H21FN4O4S. The number of imidazole rings is 1. The van der Waals surface area contributed by atoms with Crippen LogP contribution in [0.3, 0.4) is 0 Å². The number of amides is 3. The monoisotopic (exact) mass is 456 g/mol. The minimum atomic E-state index is -0.813. The van der Waals surface area contributed by atoms with Gasteiger partial charge in [0.1, 0.15) is 5.82 Å². The molecule has 0 saturated carbocycles. The third kappa shape index (κ3) is 5.52. The Labute approximate surface area is 188 Å². The highest BCUT2D eigenvalue weighted by Gasteiger charge is 2.20. The molecule has 0 fully saturated rings. The van der Waals surface area contributed by atoms with Crippen LogP contribution >= 0.6 is 11.8 Å². The van der Waals surface area contributed by atoms with Gasteiger partial charge in [-0.05, 0) is 56.0 Å². The number of nitrogens with one attached hydrogen (secondary N) is 2. The number of nitrogens with zero attached hydrogens (tertiary/aromatic N) is 2. The summed E-state index contributed by atoms with van der Waals surface area (Å²) in [5.41, 5.74) is 3.02. The number of imide groups is 1. The number of carbonyl (C=O) groups is 3. The number of carbonyl (C=O) groups excluding carboxylic acids is 3. The summed E-state index contributed by atoms with van der Waals surface area (Å²) in [6, 6.07) is 10.2. The number of anilines is 1. The highest BCUT2D eigenvalue weighted by molar-refractivity contribution is 7.98. The van der Waals surface area contributed by atoms with Crippen LogP contribution in [0.4, 0.5) is 14.9 Å². The molecule has 0 spiro atoms. The largest absolute Gasteiger partial charge is 0.451 e. The second-order valence-electron chi connectivity index (χ2n) is 6.84. The van der Waals surface area contributed by atoms with Crippen LogP contribution < -0.4 is 10.6 Å². The third-order valence-corrected chi connectivity index (χ3v) is 5.08. The van der Waals surface area contributed by atoms with Gasteiger partial charge in [0.05, 0.1) is 6.20 Å². The van der Waals surface area contributed by atoms with Crippen LogP contribution in [0.2, 0.25) is 0 Å². The molecule has 0 saturated heterocycles. The zero-order valence-electron chi connectivity index (χ0n) is 17.6. The number of hydrogen-bond acceptors (Lipinski definition) is 6. The normalized spacial score (nSPS) is 10.5. The molecule has 1 aromatic heterocycles. The molecule has 0 unspecified atom stereocenters. The van der Waals surface area contributed by atoms with Crippen molar-refractivity contribution in [3.8, 4) is 5.69 Å². The molecule has 8 nitrogen and oxygen atoms in total. The van der Waals surface area contributed by atoms with E-state index in [1.165, 1.54) is 46.8 Å². The van der Waals surface area contributed by atoms with Gasteiger partial charge in [-0.15, -0.1) is 0 Å². The van der Waals surface area contributed by atoms with Gasteiger partial charge < -0.3 is 10.1 Å². The van der Waals surface area contributed by atoms with Gasteiger partial charge in [-0.3, -0.25) is 14.7 Å². The van der Waals surface area contributed by atoms with E-state index in [1.54, 1.807) is 12.3 Å². The molecule has 10 heteroatoms. The maximum Gasteiger partial charge on any atom is 0.357 e. The summed E-state index contributed by atoms with van der Waals surface area (Å²) in [4.78, 5) is 40.8. The van der Waals surface area contributed by atoms with Crippen molar-refractivity contribution in [2.75, 3.05) is 18.2 Å². The maximum absolute atomic E-state index is 13.3. The molecule has 1 heterocycles. The van der Waals surface area contributed by atoms with Gasteiger partial charge in [0.2, 0.25) is 0 Å². The van der Waals surface area contributed by atoms with Gasteiger partial charge in [0.15, 0.2) is 17.5 Å². The number of esters is 1. The fraction of sp³-hybridized carbons (Fsp3) is 0.182. The first-order valence-electron chi connectivity index (χ1n) is 9.51. The molecule has 0 atom stereocenters. The Morgan fingerprint density at radius 2 is 1.84 bits per heavy atom. The molecule has 3 aromatic rings. The first-order valence-corrected chi connectivity index (χ1v) is 10.7. The van der Waals surface area contributed by atoms with E-state index < -0.39 is 30.3 Å². The first kappa shape index (κ1) is 23.0. The fourth-order valence-electron chi connectivity index (χ4n) is 2.94. The van der Waals surface area contributed by atoms with Crippen molar-refractivity contribution in [3.63, 3.8) is 0 Å². The molecule has 2 N–H and O–H groups in total. The summed E-state index contributed by atoms with van der Waals surface area (Å²) in [5.74, 6) is -2.02. The average Bonchev–Trinajstić information content (AvgIpc) is 3.19. The molecule has 166 valence electrons. The number of aromatic nitrogens is 2. The Bertz CT molecular complexity index is 1160. The van der Waals surface area contributed by atoms with E-state index in [0.717, 1.165) is 11.1 Å². The summed E-state index contributed by atoms with van der Waals surface area (Å²) in [5, 5.41) is 5.17. The number of thioether (sulfide) groups is 1. The van der Waals surface area contributed by atoms with Crippen LogP contribution in [0.1, 0.15) is 21.6 Å². The molecule has 2 aromatic carbocycles. The molecule has 3 rings (SSSR count). The SMILES string of the molecule is CSc1ncc(C(=O)OCC(=O)NC(=O)Nc2ccc(C)cc2C)n1-c1ccc(F)cc1. The van der Waals surface area contributed by atoms with Gasteiger partial charge in [0.25, 0.3) is 5.91 Å². The molecule has 0 radical (unpaired) electrons. The molecule has 0 aliphatic rings. The molecule has 0 bridgehead atoms. The van der Waals surface area contributed by atoms with Gasteiger partial charge in [-0.25, -0.2) is 19.0 Å². The summed E-state index contributed by atoms with van der Waals surface area (Å²) in [7, 11) is 0. The highest BCUT2D eigenvalue weighted by atomic mass is 32.2. The molecule has 0 aliphatic heterocycles. The predicted molar refractivity (Wildman–Crippen MR) is 119 cm³/mol. The lowest BCUT2D eigenvalue weighted by molar-refractivity contribution is -0.123. The van der Waals surface area contributed by atoms with Crippen LogP contribution in [0.5, 0.6) is 0 Å². The van der Waals surface area contributed by atoms with E-state index in [-0.39, 0.29) is 5.69 Å². The minimum absolute atomic E-state index is 0.0634. The molecule has 0 aliphatic carbocycles. The number of urea groups is 1. The predicted octanol–water partition coefficient (Wildman–Crippen LogP) is 3.86. The smallest absolute Gasteiger partial charge is 0.357 e. The van der Waals surface area contributed by atoms with Gasteiger partial charge in [-0.2, -0.15) is 0 Å². The van der Waals surface area contributed by atoms with Crippen molar-refractivity contribution in [2.45, 2.75) is 19.0 Å². The van der Waals surface area contributed by atoms with Crippen molar-refractivity contribution in [1.82, 2.24) is 14.9 Å². The number of aryl methyl sites for hydroxylation is 2. The summed E-state index contributed by atoms with van der Waals surface area (Å²) >= 11 is 1.29. The third-order valence-electron chi connectivity index (χ3n) is 4.42. The zero-order chi connectivity index (χ0) is 23.3. The first-order chi connectivity index (χ1) is 15.3. The number of hydrogen-bond donors (Lipinski definition) is 2. The highest BCUT2D eigenvalue weighted by Crippen LogP contribution is 2.22. The van der Waals surface area contributed by atoms with E-state index in [4.69, 9.17) is 4.74 Å². The zero-order valence-corrected chi connectivity index (χ0v) is 18.5. The Balaban J connectivity index is 1.62. The fourth-order valence-corrected chi connectivity index (χ4v) is 3.48. The topological polar surface area (TPSA) is 102 Å².